The number of urea groups is 1. The number of benzene rings is 1. The Bertz CT molecular complexity index is 817. The Labute approximate surface area is 191 Å². The van der Waals surface area contributed by atoms with E-state index < -0.39 is 12.0 Å². The molecular formula is C25H37N3O4. The number of methoxy groups -OCH3 is 1. The van der Waals surface area contributed by atoms with Crippen molar-refractivity contribution in [2.75, 3.05) is 19.0 Å². The number of esters is 1. The molecule has 0 fully saturated rings. The van der Waals surface area contributed by atoms with E-state index in [-0.39, 0.29) is 11.9 Å². The fourth-order valence-corrected chi connectivity index (χ4v) is 3.95. The SMILES string of the molecule is CCCCCCCCC(=O)Nc1ccc(C2NC(=O)N(CCC)C(C)=C2C(=O)OC)cc1. The van der Waals surface area contributed by atoms with Crippen LogP contribution in [0.15, 0.2) is 35.5 Å². The van der Waals surface area contributed by atoms with Gasteiger partial charge in [-0.15, -0.1) is 0 Å². The topological polar surface area (TPSA) is 87.7 Å². The van der Waals surface area contributed by atoms with Gasteiger partial charge in [0.25, 0.3) is 0 Å². The first-order chi connectivity index (χ1) is 15.4. The Hall–Kier alpha value is -2.83. The van der Waals surface area contributed by atoms with E-state index in [1.165, 1.54) is 32.8 Å². The summed E-state index contributed by atoms with van der Waals surface area (Å²) < 4.78 is 4.99. The molecule has 32 heavy (non-hydrogen) atoms. The zero-order valence-corrected chi connectivity index (χ0v) is 19.8. The molecule has 1 aliphatic rings. The van der Waals surface area contributed by atoms with Crippen LogP contribution in [0.1, 0.15) is 83.7 Å². The van der Waals surface area contributed by atoms with Crippen LogP contribution in [0.25, 0.3) is 0 Å². The molecular weight excluding hydrogens is 406 g/mol. The number of allylic oxidation sites excluding steroid dienone is 1. The third-order valence-corrected chi connectivity index (χ3v) is 5.73. The lowest BCUT2D eigenvalue weighted by Crippen LogP contribution is -2.48. The summed E-state index contributed by atoms with van der Waals surface area (Å²) in [5.41, 5.74) is 2.46. The molecule has 0 saturated heterocycles. The summed E-state index contributed by atoms with van der Waals surface area (Å²) >= 11 is 0. The highest BCUT2D eigenvalue weighted by Crippen LogP contribution is 2.32. The van der Waals surface area contributed by atoms with E-state index in [0.717, 1.165) is 24.8 Å². The molecule has 1 unspecified atom stereocenters. The number of nitrogens with one attached hydrogen (secondary N) is 2. The van der Waals surface area contributed by atoms with Crippen LogP contribution in [-0.4, -0.2) is 36.5 Å². The highest BCUT2D eigenvalue weighted by atomic mass is 16.5. The molecule has 1 atom stereocenters. The first kappa shape index (κ1) is 25.4. The summed E-state index contributed by atoms with van der Waals surface area (Å²) in [5, 5.41) is 5.84. The Morgan fingerprint density at radius 3 is 2.31 bits per heavy atom. The molecule has 176 valence electrons. The van der Waals surface area contributed by atoms with Gasteiger partial charge in [0.2, 0.25) is 5.91 Å². The van der Waals surface area contributed by atoms with Gasteiger partial charge in [0.15, 0.2) is 0 Å². The predicted octanol–water partition coefficient (Wildman–Crippen LogP) is 5.30. The second-order valence-corrected chi connectivity index (χ2v) is 8.21. The highest BCUT2D eigenvalue weighted by molar-refractivity contribution is 5.95. The van der Waals surface area contributed by atoms with Gasteiger partial charge in [0.1, 0.15) is 0 Å². The van der Waals surface area contributed by atoms with E-state index in [2.05, 4.69) is 17.6 Å². The molecule has 1 aromatic carbocycles. The molecule has 0 aromatic heterocycles. The maximum atomic E-state index is 12.6. The van der Waals surface area contributed by atoms with Gasteiger partial charge in [-0.25, -0.2) is 9.59 Å². The predicted molar refractivity (Wildman–Crippen MR) is 126 cm³/mol. The number of hydrogen-bond donors (Lipinski definition) is 2. The molecule has 1 heterocycles. The maximum absolute atomic E-state index is 12.6. The first-order valence-corrected chi connectivity index (χ1v) is 11.7. The van der Waals surface area contributed by atoms with Crippen molar-refractivity contribution in [2.24, 2.45) is 0 Å². The van der Waals surface area contributed by atoms with Crippen molar-refractivity contribution < 1.29 is 19.1 Å². The van der Waals surface area contributed by atoms with Crippen molar-refractivity contribution in [1.29, 1.82) is 0 Å². The molecule has 1 aromatic rings. The van der Waals surface area contributed by atoms with Crippen LogP contribution in [0.5, 0.6) is 0 Å². The monoisotopic (exact) mass is 443 g/mol. The standard InChI is InChI=1S/C25H37N3O4/c1-5-7-8-9-10-11-12-21(29)26-20-15-13-19(14-16-20)23-22(24(30)32-4)18(3)28(17-6-2)25(31)27-23/h13-16,23H,5-12,17H2,1-4H3,(H,26,29)(H,27,31). The molecule has 0 bridgehead atoms. The Morgan fingerprint density at radius 1 is 1.03 bits per heavy atom. The first-order valence-electron chi connectivity index (χ1n) is 11.7. The minimum Gasteiger partial charge on any atom is -0.466 e. The van der Waals surface area contributed by atoms with Gasteiger partial charge < -0.3 is 15.4 Å². The van der Waals surface area contributed by atoms with Crippen LogP contribution in [0.4, 0.5) is 10.5 Å². The van der Waals surface area contributed by atoms with Crippen molar-refractivity contribution >= 4 is 23.6 Å². The molecule has 0 saturated carbocycles. The number of hydrogen-bond acceptors (Lipinski definition) is 4. The smallest absolute Gasteiger partial charge is 0.337 e. The van der Waals surface area contributed by atoms with E-state index in [1.807, 2.05) is 19.1 Å². The summed E-state index contributed by atoms with van der Waals surface area (Å²) in [7, 11) is 1.34. The summed E-state index contributed by atoms with van der Waals surface area (Å²) in [6, 6.07) is 6.38. The van der Waals surface area contributed by atoms with Gasteiger partial charge in [-0.1, -0.05) is 58.1 Å². The van der Waals surface area contributed by atoms with Crippen LogP contribution >= 0.6 is 0 Å². The van der Waals surface area contributed by atoms with E-state index >= 15 is 0 Å². The van der Waals surface area contributed by atoms with Gasteiger partial charge >= 0.3 is 12.0 Å². The van der Waals surface area contributed by atoms with Crippen LogP contribution < -0.4 is 10.6 Å². The lowest BCUT2D eigenvalue weighted by Gasteiger charge is -2.35. The zero-order valence-electron chi connectivity index (χ0n) is 19.8. The fraction of sp³-hybridized carbons (Fsp3) is 0.560. The van der Waals surface area contributed by atoms with Gasteiger partial charge in [-0.05, 0) is 37.5 Å². The lowest BCUT2D eigenvalue weighted by molar-refractivity contribution is -0.136. The molecule has 3 amide bonds. The maximum Gasteiger partial charge on any atom is 0.337 e. The van der Waals surface area contributed by atoms with Crippen molar-refractivity contribution in [3.8, 4) is 0 Å². The van der Waals surface area contributed by atoms with Gasteiger partial charge in [0, 0.05) is 24.4 Å². The lowest BCUT2D eigenvalue weighted by atomic mass is 9.94. The fourth-order valence-electron chi connectivity index (χ4n) is 3.95. The van der Waals surface area contributed by atoms with Crippen LogP contribution in [-0.2, 0) is 14.3 Å². The number of amides is 3. The molecule has 1 aliphatic heterocycles. The molecule has 7 nitrogen and oxygen atoms in total. The van der Waals surface area contributed by atoms with Gasteiger partial charge in [-0.2, -0.15) is 0 Å². The number of carbonyl (C=O) groups excluding carboxylic acids is 3. The molecule has 2 N–H and O–H groups in total. The summed E-state index contributed by atoms with van der Waals surface area (Å²) in [5.74, 6) is -0.467. The van der Waals surface area contributed by atoms with Crippen molar-refractivity contribution in [1.82, 2.24) is 10.2 Å². The minimum atomic E-state index is -0.601. The van der Waals surface area contributed by atoms with E-state index in [1.54, 1.807) is 24.0 Å². The number of rotatable bonds is 12. The highest BCUT2D eigenvalue weighted by Gasteiger charge is 2.35. The van der Waals surface area contributed by atoms with Crippen molar-refractivity contribution in [2.45, 2.75) is 78.2 Å². The van der Waals surface area contributed by atoms with Gasteiger partial charge in [0.05, 0.1) is 18.7 Å². The average molecular weight is 444 g/mol. The Kier molecular flexibility index (Phi) is 10.2. The molecule has 2 rings (SSSR count). The number of carbonyl (C=O) groups is 3. The zero-order chi connectivity index (χ0) is 23.5. The molecule has 0 spiro atoms. The summed E-state index contributed by atoms with van der Waals surface area (Å²) in [4.78, 5) is 38.9. The third-order valence-electron chi connectivity index (χ3n) is 5.73. The molecule has 0 aliphatic carbocycles. The number of nitrogens with zero attached hydrogens (tertiary/aromatic N) is 1. The van der Waals surface area contributed by atoms with Gasteiger partial charge in [-0.3, -0.25) is 9.69 Å². The Balaban J connectivity index is 2.05. The van der Waals surface area contributed by atoms with Crippen molar-refractivity contribution in [3.63, 3.8) is 0 Å². The molecule has 0 radical (unpaired) electrons. The minimum absolute atomic E-state index is 0.000378. The average Bonchev–Trinajstić information content (AvgIpc) is 2.78. The second kappa shape index (κ2) is 12.9. The van der Waals surface area contributed by atoms with Crippen LogP contribution in [0, 0.1) is 0 Å². The van der Waals surface area contributed by atoms with Crippen LogP contribution in [0.2, 0.25) is 0 Å². The normalized spacial score (nSPS) is 16.1. The second-order valence-electron chi connectivity index (χ2n) is 8.21. The Morgan fingerprint density at radius 2 is 1.69 bits per heavy atom. The van der Waals surface area contributed by atoms with E-state index in [9.17, 15) is 14.4 Å². The summed E-state index contributed by atoms with van der Waals surface area (Å²) in [6.07, 6.45) is 8.12. The number of unbranched alkanes of at least 4 members (excludes halogenated alkanes) is 5. The molecule has 7 heteroatoms. The van der Waals surface area contributed by atoms with Crippen molar-refractivity contribution in [3.05, 3.63) is 41.1 Å². The third kappa shape index (κ3) is 6.84. The largest absolute Gasteiger partial charge is 0.466 e. The number of anilines is 1. The number of ether oxygens (including phenoxy) is 1. The van der Waals surface area contributed by atoms with Crippen LogP contribution in [0.3, 0.4) is 0 Å². The van der Waals surface area contributed by atoms with E-state index in [0.29, 0.717) is 29.9 Å². The quantitative estimate of drug-likeness (QED) is 0.339. The van der Waals surface area contributed by atoms with E-state index in [4.69, 9.17) is 4.74 Å². The summed E-state index contributed by atoms with van der Waals surface area (Å²) in [6.45, 7) is 6.46.